The molecular formula is C16H15BrN2O. The van der Waals surface area contributed by atoms with Crippen molar-refractivity contribution in [2.45, 2.75) is 19.0 Å². The summed E-state index contributed by atoms with van der Waals surface area (Å²) in [6, 6.07) is 15.7. The van der Waals surface area contributed by atoms with Gasteiger partial charge in [-0.05, 0) is 24.6 Å². The minimum Gasteiger partial charge on any atom is -0.314 e. The molecular weight excluding hydrogens is 316 g/mol. The summed E-state index contributed by atoms with van der Waals surface area (Å²) in [6.07, 6.45) is 0. The highest BCUT2D eigenvalue weighted by atomic mass is 79.9. The van der Waals surface area contributed by atoms with Crippen molar-refractivity contribution in [2.75, 3.05) is 4.90 Å². The number of hydrogen-bond donors (Lipinski definition) is 1. The zero-order valence-corrected chi connectivity index (χ0v) is 12.7. The first kappa shape index (κ1) is 13.3. The topological polar surface area (TPSA) is 46.3 Å². The molecule has 0 aromatic heterocycles. The Labute approximate surface area is 126 Å². The lowest BCUT2D eigenvalue weighted by atomic mass is 9.95. The minimum atomic E-state index is -0.954. The third-order valence-electron chi connectivity index (χ3n) is 3.68. The molecule has 0 aliphatic carbocycles. The van der Waals surface area contributed by atoms with Crippen molar-refractivity contribution in [3.05, 3.63) is 64.1 Å². The molecule has 1 atom stereocenters. The van der Waals surface area contributed by atoms with Gasteiger partial charge in [0, 0.05) is 10.0 Å². The van der Waals surface area contributed by atoms with Gasteiger partial charge in [0.05, 0.1) is 12.2 Å². The Balaban J connectivity index is 2.05. The van der Waals surface area contributed by atoms with Crippen LogP contribution in [0.5, 0.6) is 0 Å². The molecule has 0 saturated heterocycles. The monoisotopic (exact) mass is 330 g/mol. The number of halogens is 1. The quantitative estimate of drug-likeness (QED) is 0.919. The highest BCUT2D eigenvalue weighted by molar-refractivity contribution is 9.10. The first-order chi connectivity index (χ1) is 9.50. The molecule has 2 aromatic rings. The fourth-order valence-corrected chi connectivity index (χ4v) is 2.94. The Kier molecular flexibility index (Phi) is 3.15. The summed E-state index contributed by atoms with van der Waals surface area (Å²) in [4.78, 5) is 14.3. The lowest BCUT2D eigenvalue weighted by molar-refractivity contribution is -0.122. The van der Waals surface area contributed by atoms with Gasteiger partial charge in [0.1, 0.15) is 5.54 Å². The van der Waals surface area contributed by atoms with Gasteiger partial charge in [-0.15, -0.1) is 0 Å². The Bertz CT molecular complexity index is 667. The van der Waals surface area contributed by atoms with Crippen molar-refractivity contribution in [3.8, 4) is 0 Å². The molecule has 4 heteroatoms. The Hall–Kier alpha value is -1.65. The molecule has 0 radical (unpaired) electrons. The maximum atomic E-state index is 12.6. The molecule has 1 heterocycles. The van der Waals surface area contributed by atoms with Crippen molar-refractivity contribution in [1.82, 2.24) is 0 Å². The fraction of sp³-hybridized carbons (Fsp3) is 0.188. The van der Waals surface area contributed by atoms with E-state index < -0.39 is 5.54 Å². The molecule has 3 nitrogen and oxygen atoms in total. The number of fused-ring (bicyclic) bond motifs is 1. The number of amides is 1. The molecule has 2 N–H and O–H groups in total. The molecule has 3 rings (SSSR count). The van der Waals surface area contributed by atoms with Crippen molar-refractivity contribution in [3.63, 3.8) is 0 Å². The molecule has 1 amide bonds. The van der Waals surface area contributed by atoms with Crippen LogP contribution >= 0.6 is 15.9 Å². The third-order valence-corrected chi connectivity index (χ3v) is 4.18. The lowest BCUT2D eigenvalue weighted by Crippen LogP contribution is -2.44. The van der Waals surface area contributed by atoms with E-state index in [1.54, 1.807) is 11.8 Å². The zero-order valence-electron chi connectivity index (χ0n) is 11.1. The number of nitrogens with zero attached hydrogens (tertiary/aromatic N) is 1. The van der Waals surface area contributed by atoms with Crippen LogP contribution in [0, 0.1) is 0 Å². The van der Waals surface area contributed by atoms with E-state index in [1.807, 2.05) is 48.5 Å². The molecule has 1 aliphatic heterocycles. The average molecular weight is 331 g/mol. The van der Waals surface area contributed by atoms with Crippen LogP contribution < -0.4 is 10.6 Å². The summed E-state index contributed by atoms with van der Waals surface area (Å²) in [5.41, 5.74) is 8.12. The van der Waals surface area contributed by atoms with E-state index in [-0.39, 0.29) is 5.91 Å². The van der Waals surface area contributed by atoms with Crippen LogP contribution in [-0.4, -0.2) is 5.91 Å². The van der Waals surface area contributed by atoms with Gasteiger partial charge in [0.25, 0.3) is 5.91 Å². The van der Waals surface area contributed by atoms with Gasteiger partial charge in [0.15, 0.2) is 0 Å². The second-order valence-corrected chi connectivity index (χ2v) is 6.16. The van der Waals surface area contributed by atoms with Gasteiger partial charge < -0.3 is 10.6 Å². The molecule has 20 heavy (non-hydrogen) atoms. The lowest BCUT2D eigenvalue weighted by Gasteiger charge is -2.20. The SMILES string of the molecule is C[C@]1(N)C(=O)N(Cc2ccccc2)c2cc(Br)ccc21. The molecule has 0 bridgehead atoms. The van der Waals surface area contributed by atoms with Crippen LogP contribution in [0.3, 0.4) is 0 Å². The van der Waals surface area contributed by atoms with E-state index in [9.17, 15) is 4.79 Å². The van der Waals surface area contributed by atoms with Crippen LogP contribution in [0.1, 0.15) is 18.1 Å². The average Bonchev–Trinajstić information content (AvgIpc) is 2.61. The van der Waals surface area contributed by atoms with E-state index in [4.69, 9.17) is 5.73 Å². The van der Waals surface area contributed by atoms with Gasteiger partial charge in [-0.25, -0.2) is 0 Å². The van der Waals surface area contributed by atoms with Crippen molar-refractivity contribution < 1.29 is 4.79 Å². The van der Waals surface area contributed by atoms with Gasteiger partial charge in [0.2, 0.25) is 0 Å². The summed E-state index contributed by atoms with van der Waals surface area (Å²) in [6.45, 7) is 2.31. The Morgan fingerprint density at radius 3 is 2.60 bits per heavy atom. The Morgan fingerprint density at radius 2 is 1.90 bits per heavy atom. The van der Waals surface area contributed by atoms with E-state index in [0.717, 1.165) is 21.3 Å². The van der Waals surface area contributed by atoms with Crippen molar-refractivity contribution in [2.24, 2.45) is 5.73 Å². The van der Waals surface area contributed by atoms with Crippen LogP contribution in [0.4, 0.5) is 5.69 Å². The third kappa shape index (κ3) is 2.05. The standard InChI is InChI=1S/C16H15BrN2O/c1-16(18)13-8-7-12(17)9-14(13)19(15(16)20)10-11-5-3-2-4-6-11/h2-9H,10,18H2,1H3/t16-/m1/s1. The number of carbonyl (C=O) groups excluding carboxylic acids is 1. The summed E-state index contributed by atoms with van der Waals surface area (Å²) in [7, 11) is 0. The molecule has 102 valence electrons. The van der Waals surface area contributed by atoms with Crippen LogP contribution in [-0.2, 0) is 16.9 Å². The smallest absolute Gasteiger partial charge is 0.251 e. The van der Waals surface area contributed by atoms with Gasteiger partial charge >= 0.3 is 0 Å². The van der Waals surface area contributed by atoms with Crippen molar-refractivity contribution >= 4 is 27.5 Å². The minimum absolute atomic E-state index is 0.0607. The van der Waals surface area contributed by atoms with E-state index in [2.05, 4.69) is 15.9 Å². The number of benzene rings is 2. The highest BCUT2D eigenvalue weighted by Gasteiger charge is 2.44. The number of hydrogen-bond acceptors (Lipinski definition) is 2. The number of carbonyl (C=O) groups is 1. The van der Waals surface area contributed by atoms with Gasteiger partial charge in [-0.2, -0.15) is 0 Å². The van der Waals surface area contributed by atoms with Crippen LogP contribution in [0.15, 0.2) is 53.0 Å². The summed E-state index contributed by atoms with van der Waals surface area (Å²) in [5.74, 6) is -0.0607. The number of rotatable bonds is 2. The fourth-order valence-electron chi connectivity index (χ4n) is 2.60. The largest absolute Gasteiger partial charge is 0.314 e. The normalized spacial score (nSPS) is 21.1. The summed E-state index contributed by atoms with van der Waals surface area (Å²) in [5, 5.41) is 0. The molecule has 1 aliphatic rings. The second-order valence-electron chi connectivity index (χ2n) is 5.24. The van der Waals surface area contributed by atoms with E-state index in [1.165, 1.54) is 0 Å². The second kappa shape index (κ2) is 4.72. The predicted octanol–water partition coefficient (Wildman–Crippen LogP) is 3.17. The maximum Gasteiger partial charge on any atom is 0.251 e. The van der Waals surface area contributed by atoms with Crippen LogP contribution in [0.25, 0.3) is 0 Å². The van der Waals surface area contributed by atoms with Gasteiger partial charge in [-0.3, -0.25) is 4.79 Å². The molecule has 0 unspecified atom stereocenters. The summed E-state index contributed by atoms with van der Waals surface area (Å²) >= 11 is 3.46. The van der Waals surface area contributed by atoms with Gasteiger partial charge in [-0.1, -0.05) is 52.3 Å². The van der Waals surface area contributed by atoms with Crippen LogP contribution in [0.2, 0.25) is 0 Å². The van der Waals surface area contributed by atoms with Crippen molar-refractivity contribution in [1.29, 1.82) is 0 Å². The van der Waals surface area contributed by atoms with E-state index in [0.29, 0.717) is 6.54 Å². The molecule has 0 saturated carbocycles. The van der Waals surface area contributed by atoms with E-state index >= 15 is 0 Å². The molecule has 0 fully saturated rings. The molecule has 0 spiro atoms. The first-order valence-corrected chi connectivity index (χ1v) is 7.24. The Morgan fingerprint density at radius 1 is 1.20 bits per heavy atom. The first-order valence-electron chi connectivity index (χ1n) is 6.45. The zero-order chi connectivity index (χ0) is 14.3. The number of nitrogens with two attached hydrogens (primary N) is 1. The predicted molar refractivity (Wildman–Crippen MR) is 83.3 cm³/mol. The maximum absolute atomic E-state index is 12.6. The highest BCUT2D eigenvalue weighted by Crippen LogP contribution is 2.40. The number of anilines is 1. The summed E-state index contributed by atoms with van der Waals surface area (Å²) < 4.78 is 0.944. The molecule has 2 aromatic carbocycles.